The molecule has 23 heteroatoms. The van der Waals surface area contributed by atoms with Crippen LogP contribution in [0.1, 0.15) is 132 Å². The van der Waals surface area contributed by atoms with Crippen LogP contribution in [0.2, 0.25) is 0 Å². The Morgan fingerprint density at radius 2 is 1.32 bits per heavy atom. The molecular formula is C70H117N3O20. The number of nitrogens with zero attached hydrogens (tertiary/aromatic N) is 3. The fourth-order valence-corrected chi connectivity index (χ4v) is 13.2. The minimum absolute atomic E-state index is 0.00605. The second-order valence-electron chi connectivity index (χ2n) is 26.2. The normalized spacial score (nSPS) is 33.8. The van der Waals surface area contributed by atoms with Gasteiger partial charge in [0.25, 0.3) is 11.7 Å². The van der Waals surface area contributed by atoms with Crippen molar-refractivity contribution in [1.82, 2.24) is 14.7 Å². The average molecular weight is 1320 g/mol. The van der Waals surface area contributed by atoms with Crippen molar-refractivity contribution in [2.24, 2.45) is 35.5 Å². The molecular weight excluding hydrogens is 1200 g/mol. The number of aliphatic hydroxyl groups is 3. The van der Waals surface area contributed by atoms with Gasteiger partial charge in [0, 0.05) is 97.8 Å². The summed E-state index contributed by atoms with van der Waals surface area (Å²) >= 11 is 0. The molecule has 0 aromatic rings. The molecule has 1 saturated carbocycles. The maximum atomic E-state index is 14.8. The third kappa shape index (κ3) is 26.0. The highest BCUT2D eigenvalue weighted by atomic mass is 16.6. The largest absolute Gasteiger partial charge is 0.460 e. The number of piperazine rings is 1. The van der Waals surface area contributed by atoms with E-state index < -0.39 is 96.1 Å². The van der Waals surface area contributed by atoms with Crippen LogP contribution in [0.5, 0.6) is 0 Å². The topological polar surface area (TPSA) is 267 Å². The van der Waals surface area contributed by atoms with Crippen LogP contribution in [0.15, 0.2) is 47.6 Å². The van der Waals surface area contributed by atoms with E-state index in [9.17, 15) is 39.3 Å². The van der Waals surface area contributed by atoms with Crippen molar-refractivity contribution < 1.29 is 96.1 Å². The number of fused-ring (bicyclic) bond motifs is 3. The Kier molecular flexibility index (Phi) is 36.5. The van der Waals surface area contributed by atoms with Crippen LogP contribution in [0.4, 0.5) is 4.79 Å². The highest BCUT2D eigenvalue weighted by Crippen LogP contribution is 2.39. The number of hydrogen-bond acceptors (Lipinski definition) is 21. The highest BCUT2D eigenvalue weighted by Gasteiger charge is 2.53. The lowest BCUT2D eigenvalue weighted by molar-refractivity contribution is -0.265. The zero-order valence-corrected chi connectivity index (χ0v) is 58.0. The van der Waals surface area contributed by atoms with E-state index in [0.717, 1.165) is 12.1 Å². The van der Waals surface area contributed by atoms with Crippen molar-refractivity contribution in [3.8, 4) is 0 Å². The van der Waals surface area contributed by atoms with E-state index in [0.29, 0.717) is 175 Å². The van der Waals surface area contributed by atoms with Crippen molar-refractivity contribution in [2.75, 3.05) is 140 Å². The summed E-state index contributed by atoms with van der Waals surface area (Å²) in [5, 5.41) is 35.8. The summed E-state index contributed by atoms with van der Waals surface area (Å²) in [6, 6.07) is -1.16. The molecule has 93 heavy (non-hydrogen) atoms. The van der Waals surface area contributed by atoms with Gasteiger partial charge in [0.1, 0.15) is 30.5 Å². The van der Waals surface area contributed by atoms with Gasteiger partial charge in [-0.15, -0.1) is 0 Å². The van der Waals surface area contributed by atoms with Crippen LogP contribution in [-0.4, -0.2) is 260 Å². The maximum absolute atomic E-state index is 14.8. The summed E-state index contributed by atoms with van der Waals surface area (Å²) in [7, 11) is 4.58. The highest BCUT2D eigenvalue weighted by molar-refractivity contribution is 6.39. The molecule has 0 aromatic carbocycles. The number of piperidine rings is 1. The van der Waals surface area contributed by atoms with E-state index in [-0.39, 0.29) is 49.0 Å². The number of hydrogen-bond donors (Lipinski definition) is 3. The second-order valence-corrected chi connectivity index (χ2v) is 26.2. The van der Waals surface area contributed by atoms with E-state index >= 15 is 0 Å². The van der Waals surface area contributed by atoms with Gasteiger partial charge in [0.15, 0.2) is 5.78 Å². The number of esters is 1. The molecule has 4 aliphatic heterocycles. The number of rotatable bonds is 26. The number of allylic oxidation sites excluding steroid dienone is 5. The molecule has 3 N–H and O–H groups in total. The molecule has 5 aliphatic rings. The molecule has 2 amide bonds. The maximum Gasteiger partial charge on any atom is 0.410 e. The van der Waals surface area contributed by atoms with Crippen LogP contribution in [0.3, 0.4) is 0 Å². The fraction of sp³-hybridized carbons (Fsp3) is 0.814. The summed E-state index contributed by atoms with van der Waals surface area (Å²) in [6.07, 6.45) is 9.79. The van der Waals surface area contributed by atoms with Gasteiger partial charge in [-0.1, -0.05) is 71.1 Å². The lowest BCUT2D eigenvalue weighted by Crippen LogP contribution is -2.61. The van der Waals surface area contributed by atoms with Gasteiger partial charge >= 0.3 is 12.1 Å². The number of aliphatic hydroxyl groups excluding tert-OH is 2. The fourth-order valence-electron chi connectivity index (χ4n) is 13.2. The van der Waals surface area contributed by atoms with Crippen LogP contribution in [-0.2, 0) is 76.0 Å². The lowest BCUT2D eigenvalue weighted by Gasteiger charge is -2.43. The summed E-state index contributed by atoms with van der Waals surface area (Å²) in [4.78, 5) is 76.5. The molecule has 0 aromatic heterocycles. The quantitative estimate of drug-likeness (QED) is 0.0346. The molecule has 23 nitrogen and oxygen atoms in total. The SMILES string of the molecule is CCOCCOCCOCCOCCOCCOCCN1CCN(C(=O)O[C@@H]2CC[C@@H](C[C@@H](C)[C@@H]3C[C@@H](O)[C@H](C)/C=C(\C)[C@@H](O)[C@@H](OC)C(=O)[C@H](C)C[C@H](C)/C=C/C=C/C=C(\C)[C@@H](OC)C[C@@H]4CC[C@@H](C)[C@@](O)(O4)C(=O)C(=O)N4CCCC[C@H]4C(=O)O3)C[C@H]2OC)CC1. The van der Waals surface area contributed by atoms with E-state index in [1.54, 1.807) is 46.0 Å². The first-order chi connectivity index (χ1) is 44.6. The number of ether oxygens (including phenoxy) is 12. The van der Waals surface area contributed by atoms with Gasteiger partial charge in [-0.25, -0.2) is 9.59 Å². The van der Waals surface area contributed by atoms with Crippen molar-refractivity contribution in [3.05, 3.63) is 47.6 Å². The van der Waals surface area contributed by atoms with E-state index in [4.69, 9.17) is 56.8 Å². The standard InChI is InChI=1S/C70H117N3O20/c1-12-85-32-33-87-36-37-89-40-41-90-39-38-88-35-34-86-31-30-71-26-28-72(29-27-71)69(80)92-59-24-22-55(45-62(59)83-10)44-51(5)61-47-58(74)50(4)43-53(7)64(76)65(84-11)63(75)52(6)42-48(2)18-14-13-15-19-49(3)60(82-9)46-56-23-21-54(8)70(81,93-56)66(77)67(78)73-25-17-16-20-57(73)68(79)91-61/h13-15,18-19,43,48,50-52,54-62,64-65,74,76,81H,12,16-17,20-42,44-47H2,1-11H3/b15-13+,18-14+,49-19+,53-43+/t48-,50-,51-,52-,54-,55+,56+,57+,58-,59-,60+,61+,62-,64-,65+,70-/m1/s1. The molecule has 3 saturated heterocycles. The Labute approximate surface area is 554 Å². The van der Waals surface area contributed by atoms with Crippen molar-refractivity contribution in [2.45, 2.75) is 193 Å². The number of amides is 2. The molecule has 532 valence electrons. The first-order valence-electron chi connectivity index (χ1n) is 34.4. The zero-order valence-electron chi connectivity index (χ0n) is 58.0. The van der Waals surface area contributed by atoms with Gasteiger partial charge < -0.3 is 82.0 Å². The summed E-state index contributed by atoms with van der Waals surface area (Å²) in [5.41, 5.74) is 1.30. The Morgan fingerprint density at radius 3 is 1.94 bits per heavy atom. The van der Waals surface area contributed by atoms with E-state index in [2.05, 4.69) is 4.90 Å². The van der Waals surface area contributed by atoms with Gasteiger partial charge in [-0.2, -0.15) is 0 Å². The van der Waals surface area contributed by atoms with Crippen LogP contribution in [0, 0.1) is 35.5 Å². The van der Waals surface area contributed by atoms with Crippen LogP contribution < -0.4 is 0 Å². The van der Waals surface area contributed by atoms with Gasteiger partial charge in [0.05, 0.1) is 97.1 Å². The molecule has 0 radical (unpaired) electrons. The average Bonchev–Trinajstić information content (AvgIpc) is 0.812. The number of cyclic esters (lactones) is 1. The monoisotopic (exact) mass is 1320 g/mol. The van der Waals surface area contributed by atoms with Crippen molar-refractivity contribution in [1.29, 1.82) is 0 Å². The molecule has 1 aliphatic carbocycles. The van der Waals surface area contributed by atoms with Gasteiger partial charge in [0.2, 0.25) is 5.79 Å². The molecule has 5 rings (SSSR count). The second kappa shape index (κ2) is 42.6. The number of carbonyl (C=O) groups is 5. The molecule has 0 unspecified atom stereocenters. The molecule has 2 bridgehead atoms. The Balaban J connectivity index is 1.20. The summed E-state index contributed by atoms with van der Waals surface area (Å²) in [6.45, 7) is 24.2. The van der Waals surface area contributed by atoms with Crippen molar-refractivity contribution >= 4 is 29.5 Å². The molecule has 4 heterocycles. The lowest BCUT2D eigenvalue weighted by atomic mass is 9.78. The molecule has 4 fully saturated rings. The molecule has 0 spiro atoms. The number of Topliss-reactive ketones (excluding diaryl/α,β-unsaturated/α-hetero) is 2. The van der Waals surface area contributed by atoms with Gasteiger partial charge in [-0.05, 0) is 114 Å². The van der Waals surface area contributed by atoms with Crippen LogP contribution in [0.25, 0.3) is 0 Å². The minimum Gasteiger partial charge on any atom is -0.460 e. The van der Waals surface area contributed by atoms with E-state index in [1.165, 1.54) is 12.0 Å². The van der Waals surface area contributed by atoms with Crippen molar-refractivity contribution in [3.63, 3.8) is 0 Å². The Hall–Kier alpha value is -4.05. The Morgan fingerprint density at radius 1 is 0.688 bits per heavy atom. The molecule has 16 atom stereocenters. The Bertz CT molecular complexity index is 2350. The number of carbonyl (C=O) groups excluding carboxylic acids is 5. The predicted molar refractivity (Wildman–Crippen MR) is 349 cm³/mol. The third-order valence-electron chi connectivity index (χ3n) is 19.1. The van der Waals surface area contributed by atoms with Crippen LogP contribution >= 0.6 is 0 Å². The zero-order chi connectivity index (χ0) is 67.9. The number of ketones is 2. The summed E-state index contributed by atoms with van der Waals surface area (Å²) in [5.74, 6) is -7.70. The smallest absolute Gasteiger partial charge is 0.410 e. The first-order valence-corrected chi connectivity index (χ1v) is 34.4. The number of methoxy groups -OCH3 is 3. The first kappa shape index (κ1) is 79.6. The third-order valence-corrected chi connectivity index (χ3v) is 19.1. The minimum atomic E-state index is -2.45. The van der Waals surface area contributed by atoms with E-state index in [1.807, 2.05) is 65.0 Å². The van der Waals surface area contributed by atoms with Gasteiger partial charge in [-0.3, -0.25) is 19.3 Å². The predicted octanol–water partition coefficient (Wildman–Crippen LogP) is 6.85. The summed E-state index contributed by atoms with van der Waals surface area (Å²) < 4.78 is 69.6.